The summed E-state index contributed by atoms with van der Waals surface area (Å²) in [5, 5.41) is 8.58. The molecule has 0 saturated heterocycles. The predicted octanol–water partition coefficient (Wildman–Crippen LogP) is 4.30. The highest BCUT2D eigenvalue weighted by Crippen LogP contribution is 2.36. The number of anilines is 1. The molecule has 2 aromatic carbocycles. The first-order valence-electron chi connectivity index (χ1n) is 6.99. The van der Waals surface area contributed by atoms with Gasteiger partial charge in [-0.1, -0.05) is 23.7 Å². The monoisotopic (exact) mass is 360 g/mol. The van der Waals surface area contributed by atoms with Crippen LogP contribution in [0.5, 0.6) is 0 Å². The Kier molecular flexibility index (Phi) is 4.51. The van der Waals surface area contributed by atoms with Crippen LogP contribution in [-0.4, -0.2) is 16.1 Å². The number of carboxylic acids is 1. The first-order valence-corrected chi connectivity index (χ1v) is 7.88. The maximum Gasteiger partial charge on any atom is 0.325 e. The third-order valence-electron chi connectivity index (χ3n) is 3.40. The summed E-state index contributed by atoms with van der Waals surface area (Å²) in [5.74, 6) is -0.665. The van der Waals surface area contributed by atoms with Crippen molar-refractivity contribution in [2.24, 2.45) is 0 Å². The lowest BCUT2D eigenvalue weighted by atomic mass is 10.1. The Morgan fingerprint density at radius 1 is 1.12 bits per heavy atom. The van der Waals surface area contributed by atoms with E-state index in [1.54, 1.807) is 48.5 Å². The zero-order chi connectivity index (χ0) is 17.3. The van der Waals surface area contributed by atoms with Crippen LogP contribution in [0.15, 0.2) is 52.9 Å². The molecule has 0 spiro atoms. The van der Waals surface area contributed by atoms with Crippen molar-refractivity contribution in [3.63, 3.8) is 0 Å². The van der Waals surface area contributed by atoms with Gasteiger partial charge in [-0.2, -0.15) is 12.6 Å². The first-order chi connectivity index (χ1) is 11.5. The largest absolute Gasteiger partial charge is 0.480 e. The highest BCUT2D eigenvalue weighted by Gasteiger charge is 2.25. The summed E-state index contributed by atoms with van der Waals surface area (Å²) >= 11 is 9.96. The van der Waals surface area contributed by atoms with Crippen LogP contribution in [0, 0.1) is 0 Å². The molecule has 1 unspecified atom stereocenters. The summed E-state index contributed by atoms with van der Waals surface area (Å²) in [7, 11) is 0. The molecule has 3 N–H and O–H groups in total. The van der Waals surface area contributed by atoms with Crippen LogP contribution < -0.4 is 5.73 Å². The molecule has 5 nitrogen and oxygen atoms in total. The minimum Gasteiger partial charge on any atom is -0.480 e. The van der Waals surface area contributed by atoms with Crippen molar-refractivity contribution in [2.75, 3.05) is 5.73 Å². The van der Waals surface area contributed by atoms with Gasteiger partial charge in [-0.05, 0) is 36.4 Å². The quantitative estimate of drug-likeness (QED) is 0.476. The van der Waals surface area contributed by atoms with E-state index in [1.807, 2.05) is 0 Å². The smallest absolute Gasteiger partial charge is 0.325 e. The maximum atomic E-state index is 11.2. The number of aromatic nitrogens is 1. The number of oxazole rings is 1. The van der Waals surface area contributed by atoms with Gasteiger partial charge < -0.3 is 15.3 Å². The van der Waals surface area contributed by atoms with Crippen molar-refractivity contribution in [2.45, 2.75) is 5.25 Å². The van der Waals surface area contributed by atoms with Gasteiger partial charge in [0.05, 0.1) is 0 Å². The van der Waals surface area contributed by atoms with Crippen LogP contribution >= 0.6 is 24.2 Å². The van der Waals surface area contributed by atoms with Gasteiger partial charge in [-0.25, -0.2) is 4.98 Å². The molecular weight excluding hydrogens is 348 g/mol. The standard InChI is InChI=1S/C17H13ClN2O3S/c18-11-5-1-9(2-6-11)13-14(10-3-7-12(19)8-4-10)23-16(20-13)15(24)17(21)22/h1-8,15,24H,19H2,(H,21,22). The third kappa shape index (κ3) is 3.25. The molecule has 0 bridgehead atoms. The first kappa shape index (κ1) is 16.4. The molecule has 0 saturated carbocycles. The number of carbonyl (C=O) groups is 1. The number of nitrogens with two attached hydrogens (primary N) is 1. The normalized spacial score (nSPS) is 12.1. The average molecular weight is 361 g/mol. The fourth-order valence-corrected chi connectivity index (χ4v) is 2.43. The zero-order valence-electron chi connectivity index (χ0n) is 12.3. The Bertz CT molecular complexity index is 813. The van der Waals surface area contributed by atoms with Crippen LogP contribution in [0.2, 0.25) is 5.02 Å². The lowest BCUT2D eigenvalue weighted by molar-refractivity contribution is -0.136. The zero-order valence-corrected chi connectivity index (χ0v) is 14.0. The number of nitrogens with zero attached hydrogens (tertiary/aromatic N) is 1. The molecular formula is C17H13ClN2O3S. The van der Waals surface area contributed by atoms with Gasteiger partial charge >= 0.3 is 5.97 Å². The fraction of sp³-hybridized carbons (Fsp3) is 0.0588. The van der Waals surface area contributed by atoms with E-state index in [4.69, 9.17) is 26.9 Å². The van der Waals surface area contributed by atoms with Gasteiger partial charge in [0.2, 0.25) is 5.89 Å². The lowest BCUT2D eigenvalue weighted by Crippen LogP contribution is -2.05. The number of hydrogen-bond acceptors (Lipinski definition) is 5. The summed E-state index contributed by atoms with van der Waals surface area (Å²) in [4.78, 5) is 15.5. The van der Waals surface area contributed by atoms with Crippen LogP contribution in [0.1, 0.15) is 11.1 Å². The van der Waals surface area contributed by atoms with Crippen LogP contribution in [-0.2, 0) is 4.79 Å². The molecule has 1 aromatic heterocycles. The van der Waals surface area contributed by atoms with Crippen LogP contribution in [0.25, 0.3) is 22.6 Å². The van der Waals surface area contributed by atoms with E-state index in [0.29, 0.717) is 22.2 Å². The van der Waals surface area contributed by atoms with Gasteiger partial charge in [-0.3, -0.25) is 4.79 Å². The Balaban J connectivity index is 2.16. The number of halogens is 1. The molecule has 1 heterocycles. The van der Waals surface area contributed by atoms with Gasteiger partial charge in [-0.15, -0.1) is 0 Å². The van der Waals surface area contributed by atoms with Gasteiger partial charge in [0.1, 0.15) is 5.69 Å². The molecule has 0 radical (unpaired) electrons. The second-order valence-corrected chi connectivity index (χ2v) is 6.05. The summed E-state index contributed by atoms with van der Waals surface area (Å²) in [6, 6.07) is 14.1. The second-order valence-electron chi connectivity index (χ2n) is 5.10. The Labute approximate surface area is 148 Å². The van der Waals surface area contributed by atoms with Crippen molar-refractivity contribution in [3.05, 3.63) is 59.4 Å². The Morgan fingerprint density at radius 3 is 2.29 bits per heavy atom. The molecule has 0 aliphatic heterocycles. The van der Waals surface area contributed by atoms with Crippen molar-refractivity contribution >= 4 is 35.9 Å². The molecule has 0 amide bonds. The number of aliphatic carboxylic acids is 1. The van der Waals surface area contributed by atoms with E-state index < -0.39 is 11.2 Å². The molecule has 24 heavy (non-hydrogen) atoms. The fourth-order valence-electron chi connectivity index (χ4n) is 2.19. The molecule has 0 aliphatic carbocycles. The minimum atomic E-state index is -1.15. The van der Waals surface area contributed by atoms with Gasteiger partial charge in [0.15, 0.2) is 11.0 Å². The average Bonchev–Trinajstić information content (AvgIpc) is 3.00. The van der Waals surface area contributed by atoms with Crippen molar-refractivity contribution in [3.8, 4) is 22.6 Å². The molecule has 0 aliphatic rings. The van der Waals surface area contributed by atoms with Crippen molar-refractivity contribution < 1.29 is 14.3 Å². The second kappa shape index (κ2) is 6.59. The molecule has 0 fully saturated rings. The van der Waals surface area contributed by atoms with E-state index in [-0.39, 0.29) is 5.89 Å². The van der Waals surface area contributed by atoms with Gasteiger partial charge in [0.25, 0.3) is 0 Å². The van der Waals surface area contributed by atoms with Crippen LogP contribution in [0.3, 0.4) is 0 Å². The van der Waals surface area contributed by atoms with E-state index in [0.717, 1.165) is 11.1 Å². The van der Waals surface area contributed by atoms with E-state index in [9.17, 15) is 4.79 Å². The maximum absolute atomic E-state index is 11.2. The number of rotatable bonds is 4. The molecule has 3 rings (SSSR count). The summed E-state index contributed by atoms with van der Waals surface area (Å²) in [6.07, 6.45) is 0. The molecule has 1 atom stereocenters. The number of carboxylic acid groups (broad SMARTS) is 1. The highest BCUT2D eigenvalue weighted by molar-refractivity contribution is 7.81. The summed E-state index contributed by atoms with van der Waals surface area (Å²) < 4.78 is 5.71. The molecule has 3 aromatic rings. The lowest BCUT2D eigenvalue weighted by Gasteiger charge is -2.02. The SMILES string of the molecule is Nc1ccc(-c2oc(C(S)C(=O)O)nc2-c2ccc(Cl)cc2)cc1. The summed E-state index contributed by atoms with van der Waals surface area (Å²) in [5.41, 5.74) is 8.34. The van der Waals surface area contributed by atoms with Gasteiger partial charge in [0, 0.05) is 21.8 Å². The van der Waals surface area contributed by atoms with Crippen molar-refractivity contribution in [1.29, 1.82) is 0 Å². The Morgan fingerprint density at radius 2 is 1.71 bits per heavy atom. The van der Waals surface area contributed by atoms with E-state index >= 15 is 0 Å². The topological polar surface area (TPSA) is 89.3 Å². The number of nitrogen functional groups attached to an aromatic ring is 1. The predicted molar refractivity (Wildman–Crippen MR) is 96.2 cm³/mol. The van der Waals surface area contributed by atoms with Crippen LogP contribution in [0.4, 0.5) is 5.69 Å². The number of hydrogen-bond donors (Lipinski definition) is 3. The van der Waals surface area contributed by atoms with E-state index in [1.165, 1.54) is 0 Å². The minimum absolute atomic E-state index is 0.0163. The third-order valence-corrected chi connectivity index (χ3v) is 4.10. The Hall–Kier alpha value is -2.44. The molecule has 7 heteroatoms. The highest BCUT2D eigenvalue weighted by atomic mass is 35.5. The van der Waals surface area contributed by atoms with Crippen molar-refractivity contribution in [1.82, 2.24) is 4.98 Å². The number of benzene rings is 2. The number of thiol groups is 1. The molecule has 122 valence electrons. The summed E-state index contributed by atoms with van der Waals surface area (Å²) in [6.45, 7) is 0. The van der Waals surface area contributed by atoms with E-state index in [2.05, 4.69) is 17.6 Å².